The van der Waals surface area contributed by atoms with Crippen LogP contribution in [0.25, 0.3) is 0 Å². The van der Waals surface area contributed by atoms with E-state index >= 15 is 0 Å². The Morgan fingerprint density at radius 3 is 2.60 bits per heavy atom. The molecule has 0 amide bonds. The number of benzene rings is 1. The van der Waals surface area contributed by atoms with Gasteiger partial charge < -0.3 is 4.79 Å². The predicted molar refractivity (Wildman–Crippen MR) is 62.9 cm³/mol. The number of Topliss-reactive ketones (excluding diaryl/α,β-unsaturated/α-hetero) is 1. The highest BCUT2D eigenvalue weighted by atomic mass is 35.5. The first-order valence-electron chi connectivity index (χ1n) is 4.92. The van der Waals surface area contributed by atoms with Gasteiger partial charge in [-0.1, -0.05) is 23.4 Å². The van der Waals surface area contributed by atoms with Gasteiger partial charge in [-0.15, -0.1) is 0 Å². The lowest BCUT2D eigenvalue weighted by Gasteiger charge is -1.91. The molecular formula is C13H13ClO. The molecule has 0 aliphatic rings. The van der Waals surface area contributed by atoms with Gasteiger partial charge in [0.1, 0.15) is 5.78 Å². The van der Waals surface area contributed by atoms with E-state index in [1.807, 2.05) is 24.3 Å². The van der Waals surface area contributed by atoms with Crippen molar-refractivity contribution in [2.45, 2.75) is 26.2 Å². The van der Waals surface area contributed by atoms with Crippen LogP contribution < -0.4 is 0 Å². The van der Waals surface area contributed by atoms with E-state index < -0.39 is 0 Å². The molecular weight excluding hydrogens is 208 g/mol. The Morgan fingerprint density at radius 1 is 1.33 bits per heavy atom. The average molecular weight is 221 g/mol. The lowest BCUT2D eigenvalue weighted by molar-refractivity contribution is -0.117. The molecule has 0 heterocycles. The van der Waals surface area contributed by atoms with Crippen molar-refractivity contribution in [2.24, 2.45) is 0 Å². The second-order valence-electron chi connectivity index (χ2n) is 3.36. The van der Waals surface area contributed by atoms with Crippen LogP contribution in [0.5, 0.6) is 0 Å². The molecule has 0 aromatic heterocycles. The minimum atomic E-state index is 0.225. The van der Waals surface area contributed by atoms with Crippen LogP contribution in [0, 0.1) is 11.8 Å². The largest absolute Gasteiger partial charge is 0.300 e. The van der Waals surface area contributed by atoms with E-state index in [0.29, 0.717) is 6.42 Å². The molecule has 0 atom stereocenters. The van der Waals surface area contributed by atoms with Gasteiger partial charge in [0.05, 0.1) is 0 Å². The quantitative estimate of drug-likeness (QED) is 0.563. The molecule has 0 N–H and O–H groups in total. The normalized spacial score (nSPS) is 9.20. The Bertz CT molecular complexity index is 381. The first kappa shape index (κ1) is 11.8. The van der Waals surface area contributed by atoms with Gasteiger partial charge in [0, 0.05) is 23.4 Å². The van der Waals surface area contributed by atoms with Crippen molar-refractivity contribution in [3.63, 3.8) is 0 Å². The highest BCUT2D eigenvalue weighted by Crippen LogP contribution is 2.08. The lowest BCUT2D eigenvalue weighted by atomic mass is 10.2. The highest BCUT2D eigenvalue weighted by molar-refractivity contribution is 6.30. The first-order chi connectivity index (χ1) is 7.18. The summed E-state index contributed by atoms with van der Waals surface area (Å²) < 4.78 is 0. The van der Waals surface area contributed by atoms with Gasteiger partial charge in [-0.2, -0.15) is 0 Å². The second-order valence-corrected chi connectivity index (χ2v) is 3.80. The first-order valence-corrected chi connectivity index (χ1v) is 5.30. The number of rotatable bonds is 3. The molecule has 0 radical (unpaired) electrons. The Morgan fingerprint density at radius 2 is 2.00 bits per heavy atom. The maximum atomic E-state index is 10.7. The van der Waals surface area contributed by atoms with Crippen molar-refractivity contribution in [2.75, 3.05) is 0 Å². The van der Waals surface area contributed by atoms with Crippen molar-refractivity contribution in [1.29, 1.82) is 0 Å². The number of unbranched alkanes of at least 4 members (excludes halogenated alkanes) is 1. The Labute approximate surface area is 95.5 Å². The van der Waals surface area contributed by atoms with E-state index in [2.05, 4.69) is 11.8 Å². The molecule has 0 fully saturated rings. The maximum Gasteiger partial charge on any atom is 0.129 e. The van der Waals surface area contributed by atoms with E-state index in [9.17, 15) is 4.79 Å². The molecule has 0 unspecified atom stereocenters. The fraction of sp³-hybridized carbons (Fsp3) is 0.308. The van der Waals surface area contributed by atoms with E-state index in [0.717, 1.165) is 23.4 Å². The molecule has 1 nitrogen and oxygen atoms in total. The van der Waals surface area contributed by atoms with Crippen molar-refractivity contribution >= 4 is 17.4 Å². The van der Waals surface area contributed by atoms with E-state index in [4.69, 9.17) is 11.6 Å². The summed E-state index contributed by atoms with van der Waals surface area (Å²) in [6.45, 7) is 1.60. The van der Waals surface area contributed by atoms with E-state index in [1.165, 1.54) is 0 Å². The van der Waals surface area contributed by atoms with Crippen molar-refractivity contribution in [1.82, 2.24) is 0 Å². The summed E-state index contributed by atoms with van der Waals surface area (Å²) in [6.07, 6.45) is 2.23. The third-order valence-corrected chi connectivity index (χ3v) is 2.16. The monoisotopic (exact) mass is 220 g/mol. The molecule has 2 heteroatoms. The lowest BCUT2D eigenvalue weighted by Crippen LogP contribution is -1.87. The van der Waals surface area contributed by atoms with Gasteiger partial charge >= 0.3 is 0 Å². The average Bonchev–Trinajstić information content (AvgIpc) is 2.20. The second kappa shape index (κ2) is 6.27. The van der Waals surface area contributed by atoms with Crippen LogP contribution >= 0.6 is 11.6 Å². The zero-order valence-electron chi connectivity index (χ0n) is 8.72. The fourth-order valence-corrected chi connectivity index (χ4v) is 1.25. The number of halogens is 1. The minimum Gasteiger partial charge on any atom is -0.300 e. The smallest absolute Gasteiger partial charge is 0.129 e. The molecule has 78 valence electrons. The molecule has 1 aromatic carbocycles. The number of ketones is 1. The number of hydrogen-bond acceptors (Lipinski definition) is 1. The highest BCUT2D eigenvalue weighted by Gasteiger charge is 1.90. The van der Waals surface area contributed by atoms with Crippen molar-refractivity contribution in [3.8, 4) is 11.8 Å². The fourth-order valence-electron chi connectivity index (χ4n) is 1.12. The topological polar surface area (TPSA) is 17.1 Å². The van der Waals surface area contributed by atoms with Gasteiger partial charge in [-0.25, -0.2) is 0 Å². The molecule has 0 aliphatic heterocycles. The van der Waals surface area contributed by atoms with Gasteiger partial charge in [-0.05, 0) is 37.6 Å². The van der Waals surface area contributed by atoms with Gasteiger partial charge in [-0.3, -0.25) is 0 Å². The molecule has 1 rings (SSSR count). The van der Waals surface area contributed by atoms with E-state index in [1.54, 1.807) is 6.92 Å². The third kappa shape index (κ3) is 5.24. The third-order valence-electron chi connectivity index (χ3n) is 1.91. The predicted octanol–water partition coefficient (Wildman–Crippen LogP) is 3.45. The number of hydrogen-bond donors (Lipinski definition) is 0. The zero-order chi connectivity index (χ0) is 11.1. The molecule has 15 heavy (non-hydrogen) atoms. The molecule has 1 aromatic rings. The van der Waals surface area contributed by atoms with Gasteiger partial charge in [0.2, 0.25) is 0 Å². The maximum absolute atomic E-state index is 10.7. The SMILES string of the molecule is CC(=O)CCCC#Cc1ccc(Cl)cc1. The van der Waals surface area contributed by atoms with Crippen LogP contribution in [0.15, 0.2) is 24.3 Å². The van der Waals surface area contributed by atoms with E-state index in [-0.39, 0.29) is 5.78 Å². The molecule has 0 aliphatic carbocycles. The number of carbonyl (C=O) groups is 1. The van der Waals surface area contributed by atoms with Crippen molar-refractivity contribution in [3.05, 3.63) is 34.9 Å². The van der Waals surface area contributed by atoms with Crippen LogP contribution in [0.1, 0.15) is 31.7 Å². The standard InChI is InChI=1S/C13H13ClO/c1-11(15)5-3-2-4-6-12-7-9-13(14)10-8-12/h7-10H,2-3,5H2,1H3. The van der Waals surface area contributed by atoms with Crippen LogP contribution in [-0.2, 0) is 4.79 Å². The Kier molecular flexibility index (Phi) is 4.93. The van der Waals surface area contributed by atoms with Gasteiger partial charge in [0.15, 0.2) is 0 Å². The van der Waals surface area contributed by atoms with Crippen LogP contribution in [0.3, 0.4) is 0 Å². The number of carbonyl (C=O) groups excluding carboxylic acids is 1. The minimum absolute atomic E-state index is 0.225. The summed E-state index contributed by atoms with van der Waals surface area (Å²) in [5, 5.41) is 0.720. The summed E-state index contributed by atoms with van der Waals surface area (Å²) in [4.78, 5) is 10.7. The summed E-state index contributed by atoms with van der Waals surface area (Å²) in [7, 11) is 0. The Hall–Kier alpha value is -1.26. The zero-order valence-corrected chi connectivity index (χ0v) is 9.47. The molecule has 0 spiro atoms. The molecule has 0 saturated carbocycles. The summed E-state index contributed by atoms with van der Waals surface area (Å²) in [5.41, 5.74) is 0.960. The van der Waals surface area contributed by atoms with Crippen LogP contribution in [0.2, 0.25) is 5.02 Å². The summed E-state index contributed by atoms with van der Waals surface area (Å²) in [5.74, 6) is 6.28. The van der Waals surface area contributed by atoms with Crippen LogP contribution in [0.4, 0.5) is 0 Å². The summed E-state index contributed by atoms with van der Waals surface area (Å²) in [6, 6.07) is 7.42. The molecule has 0 saturated heterocycles. The Balaban J connectivity index is 2.38. The molecule has 0 bridgehead atoms. The van der Waals surface area contributed by atoms with Crippen molar-refractivity contribution < 1.29 is 4.79 Å². The van der Waals surface area contributed by atoms with Crippen LogP contribution in [-0.4, -0.2) is 5.78 Å². The van der Waals surface area contributed by atoms with Gasteiger partial charge in [0.25, 0.3) is 0 Å². The summed E-state index contributed by atoms with van der Waals surface area (Å²) >= 11 is 5.74.